The Bertz CT molecular complexity index is 733. The number of rotatable bonds is 2. The van der Waals surface area contributed by atoms with Gasteiger partial charge in [-0.25, -0.2) is 9.07 Å². The van der Waals surface area contributed by atoms with Crippen LogP contribution in [-0.2, 0) is 0 Å². The molecule has 3 nitrogen and oxygen atoms in total. The van der Waals surface area contributed by atoms with Gasteiger partial charge in [-0.3, -0.25) is 0 Å². The number of aromatic nitrogens is 2. The number of anilines is 1. The molecule has 3 aromatic rings. The van der Waals surface area contributed by atoms with E-state index in [4.69, 9.17) is 17.3 Å². The SMILES string of the molecule is Nc1cn(-c2ccc(F)cc2)nc1-c1ccc(Cl)cc1. The summed E-state index contributed by atoms with van der Waals surface area (Å²) in [6.45, 7) is 0. The normalized spacial score (nSPS) is 10.7. The van der Waals surface area contributed by atoms with Crippen LogP contribution in [0.1, 0.15) is 0 Å². The number of halogens is 2. The van der Waals surface area contributed by atoms with Crippen molar-refractivity contribution >= 4 is 17.3 Å². The van der Waals surface area contributed by atoms with Gasteiger partial charge in [0.1, 0.15) is 11.5 Å². The second kappa shape index (κ2) is 4.98. The van der Waals surface area contributed by atoms with Crippen LogP contribution in [0.5, 0.6) is 0 Å². The highest BCUT2D eigenvalue weighted by Crippen LogP contribution is 2.26. The van der Waals surface area contributed by atoms with E-state index >= 15 is 0 Å². The van der Waals surface area contributed by atoms with Crippen LogP contribution in [0.2, 0.25) is 5.02 Å². The Morgan fingerprint density at radius 2 is 1.65 bits per heavy atom. The number of benzene rings is 2. The summed E-state index contributed by atoms with van der Waals surface area (Å²) < 4.78 is 14.5. The van der Waals surface area contributed by atoms with Crippen LogP contribution in [0, 0.1) is 5.82 Å². The van der Waals surface area contributed by atoms with Crippen molar-refractivity contribution < 1.29 is 4.39 Å². The van der Waals surface area contributed by atoms with Crippen molar-refractivity contribution in [2.24, 2.45) is 0 Å². The number of hydrogen-bond donors (Lipinski definition) is 1. The van der Waals surface area contributed by atoms with E-state index in [0.29, 0.717) is 16.4 Å². The molecule has 0 atom stereocenters. The Morgan fingerprint density at radius 3 is 2.30 bits per heavy atom. The van der Waals surface area contributed by atoms with E-state index in [1.165, 1.54) is 12.1 Å². The summed E-state index contributed by atoms with van der Waals surface area (Å²) in [6, 6.07) is 13.3. The molecule has 0 unspecified atom stereocenters. The summed E-state index contributed by atoms with van der Waals surface area (Å²) in [5.74, 6) is -0.285. The summed E-state index contributed by atoms with van der Waals surface area (Å²) in [4.78, 5) is 0. The van der Waals surface area contributed by atoms with Gasteiger partial charge in [-0.15, -0.1) is 0 Å². The van der Waals surface area contributed by atoms with Gasteiger partial charge in [0, 0.05) is 10.6 Å². The summed E-state index contributed by atoms with van der Waals surface area (Å²) in [5, 5.41) is 5.09. The summed E-state index contributed by atoms with van der Waals surface area (Å²) in [6.07, 6.45) is 1.71. The van der Waals surface area contributed by atoms with Crippen molar-refractivity contribution in [3.63, 3.8) is 0 Å². The highest BCUT2D eigenvalue weighted by Gasteiger charge is 2.09. The van der Waals surface area contributed by atoms with Gasteiger partial charge in [-0.2, -0.15) is 5.10 Å². The second-order valence-corrected chi connectivity index (χ2v) is 4.80. The monoisotopic (exact) mass is 287 g/mol. The highest BCUT2D eigenvalue weighted by molar-refractivity contribution is 6.30. The fourth-order valence-corrected chi connectivity index (χ4v) is 2.07. The van der Waals surface area contributed by atoms with Crippen molar-refractivity contribution in [2.45, 2.75) is 0 Å². The molecular weight excluding hydrogens is 277 g/mol. The largest absolute Gasteiger partial charge is 0.396 e. The molecule has 0 radical (unpaired) electrons. The van der Waals surface area contributed by atoms with Gasteiger partial charge in [-0.05, 0) is 36.4 Å². The quantitative estimate of drug-likeness (QED) is 0.776. The zero-order valence-electron chi connectivity index (χ0n) is 10.4. The summed E-state index contributed by atoms with van der Waals surface area (Å²) >= 11 is 5.86. The minimum absolute atomic E-state index is 0.285. The molecule has 2 aromatic carbocycles. The van der Waals surface area contributed by atoms with Crippen molar-refractivity contribution in [2.75, 3.05) is 5.73 Å². The minimum atomic E-state index is -0.285. The molecule has 0 fully saturated rings. The maximum atomic E-state index is 12.9. The van der Waals surface area contributed by atoms with Crippen LogP contribution in [0.25, 0.3) is 16.9 Å². The van der Waals surface area contributed by atoms with Crippen LogP contribution in [-0.4, -0.2) is 9.78 Å². The van der Waals surface area contributed by atoms with Gasteiger partial charge < -0.3 is 5.73 Å². The van der Waals surface area contributed by atoms with Gasteiger partial charge in [-0.1, -0.05) is 23.7 Å². The predicted molar refractivity (Wildman–Crippen MR) is 78.4 cm³/mol. The van der Waals surface area contributed by atoms with Crippen LogP contribution >= 0.6 is 11.6 Å². The van der Waals surface area contributed by atoms with E-state index in [0.717, 1.165) is 11.3 Å². The molecule has 0 amide bonds. The molecule has 0 aliphatic rings. The Kier molecular flexibility index (Phi) is 3.16. The smallest absolute Gasteiger partial charge is 0.123 e. The lowest BCUT2D eigenvalue weighted by Crippen LogP contribution is -1.94. The molecule has 2 N–H and O–H groups in total. The molecule has 0 aliphatic heterocycles. The van der Waals surface area contributed by atoms with Crippen molar-refractivity contribution in [1.29, 1.82) is 0 Å². The maximum Gasteiger partial charge on any atom is 0.123 e. The van der Waals surface area contributed by atoms with Crippen LogP contribution in [0.4, 0.5) is 10.1 Å². The lowest BCUT2D eigenvalue weighted by Gasteiger charge is -2.00. The van der Waals surface area contributed by atoms with Gasteiger partial charge in [0.05, 0.1) is 17.6 Å². The zero-order chi connectivity index (χ0) is 14.1. The molecule has 0 saturated carbocycles. The van der Waals surface area contributed by atoms with Crippen LogP contribution in [0.3, 0.4) is 0 Å². The third kappa shape index (κ3) is 2.38. The van der Waals surface area contributed by atoms with E-state index in [1.807, 2.05) is 12.1 Å². The van der Waals surface area contributed by atoms with E-state index in [-0.39, 0.29) is 5.82 Å². The first kappa shape index (κ1) is 12.7. The third-order valence-corrected chi connectivity index (χ3v) is 3.20. The van der Waals surface area contributed by atoms with Gasteiger partial charge in [0.2, 0.25) is 0 Å². The number of nitrogens with two attached hydrogens (primary N) is 1. The molecule has 20 heavy (non-hydrogen) atoms. The molecule has 1 aromatic heterocycles. The number of hydrogen-bond acceptors (Lipinski definition) is 2. The van der Waals surface area contributed by atoms with Crippen molar-refractivity contribution in [3.05, 3.63) is 65.6 Å². The summed E-state index contributed by atoms with van der Waals surface area (Å²) in [7, 11) is 0. The van der Waals surface area contributed by atoms with E-state index in [9.17, 15) is 4.39 Å². The summed E-state index contributed by atoms with van der Waals surface area (Å²) in [5.41, 5.74) is 8.84. The first-order valence-electron chi connectivity index (χ1n) is 6.00. The maximum absolute atomic E-state index is 12.9. The van der Waals surface area contributed by atoms with E-state index in [2.05, 4.69) is 5.10 Å². The van der Waals surface area contributed by atoms with Crippen LogP contribution in [0.15, 0.2) is 54.7 Å². The zero-order valence-corrected chi connectivity index (χ0v) is 11.2. The lowest BCUT2D eigenvalue weighted by atomic mass is 10.1. The molecule has 0 saturated heterocycles. The lowest BCUT2D eigenvalue weighted by molar-refractivity contribution is 0.627. The van der Waals surface area contributed by atoms with E-state index < -0.39 is 0 Å². The molecule has 100 valence electrons. The second-order valence-electron chi connectivity index (χ2n) is 4.36. The average molecular weight is 288 g/mol. The predicted octanol–water partition coefficient (Wildman–Crippen LogP) is 3.91. The molecule has 0 bridgehead atoms. The minimum Gasteiger partial charge on any atom is -0.396 e. The Hall–Kier alpha value is -2.33. The molecule has 5 heteroatoms. The highest BCUT2D eigenvalue weighted by atomic mass is 35.5. The van der Waals surface area contributed by atoms with Crippen molar-refractivity contribution in [3.8, 4) is 16.9 Å². The van der Waals surface area contributed by atoms with Crippen LogP contribution < -0.4 is 5.73 Å². The van der Waals surface area contributed by atoms with Crippen molar-refractivity contribution in [1.82, 2.24) is 9.78 Å². The Labute approximate surface area is 120 Å². The van der Waals surface area contributed by atoms with Gasteiger partial charge in [0.25, 0.3) is 0 Å². The molecule has 0 spiro atoms. The Morgan fingerprint density at radius 1 is 1.00 bits per heavy atom. The molecular formula is C15H11ClFN3. The number of nitrogen functional groups attached to an aromatic ring is 1. The fraction of sp³-hybridized carbons (Fsp3) is 0. The average Bonchev–Trinajstić information content (AvgIpc) is 2.82. The van der Waals surface area contributed by atoms with E-state index in [1.54, 1.807) is 35.1 Å². The molecule has 1 heterocycles. The first-order valence-corrected chi connectivity index (χ1v) is 6.38. The topological polar surface area (TPSA) is 43.8 Å². The fourth-order valence-electron chi connectivity index (χ4n) is 1.95. The first-order chi connectivity index (χ1) is 9.63. The third-order valence-electron chi connectivity index (χ3n) is 2.95. The molecule has 3 rings (SSSR count). The standard InChI is InChI=1S/C15H11ClFN3/c16-11-3-1-10(2-4-11)15-14(18)9-20(19-15)13-7-5-12(17)6-8-13/h1-9H,18H2. The number of nitrogens with zero attached hydrogens (tertiary/aromatic N) is 2. The Balaban J connectivity index is 2.02. The molecule has 0 aliphatic carbocycles. The van der Waals surface area contributed by atoms with Gasteiger partial charge in [0.15, 0.2) is 0 Å². The van der Waals surface area contributed by atoms with Gasteiger partial charge >= 0.3 is 0 Å².